The summed E-state index contributed by atoms with van der Waals surface area (Å²) in [5, 5.41) is 7.99. The minimum absolute atomic E-state index is 0.0381. The van der Waals surface area contributed by atoms with Gasteiger partial charge in [0.1, 0.15) is 16.6 Å². The molecule has 2 aromatic heterocycles. The van der Waals surface area contributed by atoms with Gasteiger partial charge in [-0.25, -0.2) is 9.37 Å². The molecular weight excluding hydrogens is 431 g/mol. The zero-order valence-electron chi connectivity index (χ0n) is 15.3. The number of aromatic nitrogens is 3. The molecule has 0 bridgehead atoms. The average molecular weight is 445 g/mol. The predicted octanol–water partition coefficient (Wildman–Crippen LogP) is 3.31. The third kappa shape index (κ3) is 4.47. The van der Waals surface area contributed by atoms with Crippen LogP contribution in [0.1, 0.15) is 5.69 Å². The summed E-state index contributed by atoms with van der Waals surface area (Å²) in [5.41, 5.74) is 0.724. The largest absolute Gasteiger partial charge is 0.484 e. The summed E-state index contributed by atoms with van der Waals surface area (Å²) in [6.45, 7) is -0.252. The normalized spacial score (nSPS) is 10.9. The Balaban J connectivity index is 1.45. The van der Waals surface area contributed by atoms with Crippen molar-refractivity contribution in [3.63, 3.8) is 0 Å². The van der Waals surface area contributed by atoms with Crippen molar-refractivity contribution in [2.45, 2.75) is 6.54 Å². The third-order valence-electron chi connectivity index (χ3n) is 4.04. The lowest BCUT2D eigenvalue weighted by molar-refractivity contribution is -0.123. The van der Waals surface area contributed by atoms with Crippen LogP contribution in [0.4, 0.5) is 4.39 Å². The summed E-state index contributed by atoms with van der Waals surface area (Å²) in [6.07, 6.45) is 0. The fourth-order valence-corrected chi connectivity index (χ4v) is 3.88. The summed E-state index contributed by atoms with van der Waals surface area (Å²) in [6, 6.07) is 14.0. The Morgan fingerprint density at radius 2 is 2.03 bits per heavy atom. The van der Waals surface area contributed by atoms with Gasteiger partial charge in [-0.3, -0.25) is 9.59 Å². The van der Waals surface area contributed by atoms with E-state index in [0.717, 1.165) is 0 Å². The van der Waals surface area contributed by atoms with Crippen molar-refractivity contribution in [1.82, 2.24) is 19.9 Å². The van der Waals surface area contributed by atoms with Gasteiger partial charge in [-0.1, -0.05) is 47.2 Å². The molecule has 4 rings (SSSR count). The van der Waals surface area contributed by atoms with Gasteiger partial charge in [0.05, 0.1) is 17.3 Å². The molecule has 1 N–H and O–H groups in total. The number of fused-ring (bicyclic) bond motifs is 1. The number of nitrogens with one attached hydrogen (secondary N) is 1. The molecule has 2 heterocycles. The molecule has 0 atom stereocenters. The molecule has 0 spiro atoms. The van der Waals surface area contributed by atoms with Crippen molar-refractivity contribution in [3.05, 3.63) is 81.5 Å². The Morgan fingerprint density at radius 1 is 1.20 bits per heavy atom. The molecule has 30 heavy (non-hydrogen) atoms. The van der Waals surface area contributed by atoms with E-state index in [2.05, 4.69) is 15.4 Å². The van der Waals surface area contributed by atoms with Crippen LogP contribution in [0.25, 0.3) is 15.5 Å². The number of amides is 1. The van der Waals surface area contributed by atoms with Gasteiger partial charge in [0.25, 0.3) is 11.5 Å². The monoisotopic (exact) mass is 444 g/mol. The van der Waals surface area contributed by atoms with E-state index >= 15 is 0 Å². The SMILES string of the molecule is O=C(COc1cccc(F)c1)NCc1cc(=O)n2nc(-c3ccccc3Cl)sc2n1. The summed E-state index contributed by atoms with van der Waals surface area (Å²) < 4.78 is 19.6. The van der Waals surface area contributed by atoms with Crippen LogP contribution in [0.15, 0.2) is 59.4 Å². The molecule has 0 fully saturated rings. The van der Waals surface area contributed by atoms with Crippen LogP contribution in [-0.4, -0.2) is 27.1 Å². The highest BCUT2D eigenvalue weighted by Gasteiger charge is 2.13. The second-order valence-corrected chi connectivity index (χ2v) is 7.55. The van der Waals surface area contributed by atoms with Gasteiger partial charge in [-0.2, -0.15) is 9.61 Å². The fraction of sp³-hybridized carbons (Fsp3) is 0.100. The molecule has 10 heteroatoms. The second-order valence-electron chi connectivity index (χ2n) is 6.19. The van der Waals surface area contributed by atoms with Crippen molar-refractivity contribution in [2.24, 2.45) is 0 Å². The number of benzene rings is 2. The average Bonchev–Trinajstić information content (AvgIpc) is 3.16. The van der Waals surface area contributed by atoms with E-state index in [9.17, 15) is 14.0 Å². The number of carbonyl (C=O) groups excluding carboxylic acids is 1. The van der Waals surface area contributed by atoms with E-state index in [1.807, 2.05) is 18.2 Å². The number of hydrogen-bond donors (Lipinski definition) is 1. The first-order valence-corrected chi connectivity index (χ1v) is 9.99. The van der Waals surface area contributed by atoms with Crippen LogP contribution < -0.4 is 15.6 Å². The zero-order valence-corrected chi connectivity index (χ0v) is 16.9. The predicted molar refractivity (Wildman–Crippen MR) is 111 cm³/mol. The van der Waals surface area contributed by atoms with Gasteiger partial charge in [0.15, 0.2) is 6.61 Å². The number of ether oxygens (including phenoxy) is 1. The molecule has 4 aromatic rings. The van der Waals surface area contributed by atoms with Crippen LogP contribution in [0, 0.1) is 5.82 Å². The van der Waals surface area contributed by atoms with Crippen LogP contribution in [0.3, 0.4) is 0 Å². The lowest BCUT2D eigenvalue weighted by atomic mass is 10.2. The highest BCUT2D eigenvalue weighted by molar-refractivity contribution is 7.19. The number of hydrogen-bond acceptors (Lipinski definition) is 6. The van der Waals surface area contributed by atoms with Crippen molar-refractivity contribution in [3.8, 4) is 16.3 Å². The summed E-state index contributed by atoms with van der Waals surface area (Å²) in [7, 11) is 0. The quantitative estimate of drug-likeness (QED) is 0.493. The smallest absolute Gasteiger partial charge is 0.275 e. The molecule has 152 valence electrons. The van der Waals surface area contributed by atoms with Gasteiger partial charge in [-0.05, 0) is 18.2 Å². The maximum Gasteiger partial charge on any atom is 0.275 e. The minimum atomic E-state index is -0.452. The molecule has 0 aliphatic carbocycles. The fourth-order valence-electron chi connectivity index (χ4n) is 2.64. The van der Waals surface area contributed by atoms with Gasteiger partial charge >= 0.3 is 0 Å². The molecular formula is C20H14ClFN4O3S. The lowest BCUT2D eigenvalue weighted by Crippen LogP contribution is -2.29. The van der Waals surface area contributed by atoms with Gasteiger partial charge < -0.3 is 10.1 Å². The molecule has 1 amide bonds. The third-order valence-corrected chi connectivity index (χ3v) is 5.31. The highest BCUT2D eigenvalue weighted by Crippen LogP contribution is 2.30. The number of halogens is 2. The second kappa shape index (κ2) is 8.60. The van der Waals surface area contributed by atoms with Crippen LogP contribution in [-0.2, 0) is 11.3 Å². The maximum absolute atomic E-state index is 13.1. The van der Waals surface area contributed by atoms with E-state index in [0.29, 0.717) is 26.2 Å². The van der Waals surface area contributed by atoms with Gasteiger partial charge in [0, 0.05) is 17.7 Å². The number of nitrogens with zero attached hydrogens (tertiary/aromatic N) is 3. The van der Waals surface area contributed by atoms with Crippen molar-refractivity contribution in [2.75, 3.05) is 6.61 Å². The number of carbonyl (C=O) groups is 1. The maximum atomic E-state index is 13.1. The number of rotatable bonds is 6. The van der Waals surface area contributed by atoms with Gasteiger partial charge in [0.2, 0.25) is 4.96 Å². The van der Waals surface area contributed by atoms with E-state index in [1.165, 1.54) is 40.1 Å². The van der Waals surface area contributed by atoms with Crippen LogP contribution in [0.5, 0.6) is 5.75 Å². The van der Waals surface area contributed by atoms with E-state index in [-0.39, 0.29) is 24.5 Å². The molecule has 0 saturated carbocycles. The topological polar surface area (TPSA) is 85.6 Å². The molecule has 0 radical (unpaired) electrons. The molecule has 0 aliphatic heterocycles. The van der Waals surface area contributed by atoms with Gasteiger partial charge in [-0.15, -0.1) is 0 Å². The molecule has 0 aliphatic rings. The van der Waals surface area contributed by atoms with E-state index < -0.39 is 11.7 Å². The van der Waals surface area contributed by atoms with Crippen molar-refractivity contribution >= 4 is 33.8 Å². The Labute approximate surface area is 178 Å². The Hall–Kier alpha value is -3.30. The zero-order chi connectivity index (χ0) is 21.1. The van der Waals surface area contributed by atoms with Crippen molar-refractivity contribution < 1.29 is 13.9 Å². The summed E-state index contributed by atoms with van der Waals surface area (Å²) in [4.78, 5) is 29.1. The molecule has 0 unspecified atom stereocenters. The molecule has 0 saturated heterocycles. The van der Waals surface area contributed by atoms with E-state index in [4.69, 9.17) is 16.3 Å². The summed E-state index contributed by atoms with van der Waals surface area (Å²) >= 11 is 7.42. The summed E-state index contributed by atoms with van der Waals surface area (Å²) in [5.74, 6) is -0.631. The Bertz CT molecular complexity index is 1290. The first kappa shape index (κ1) is 20.0. The first-order valence-electron chi connectivity index (χ1n) is 8.79. The minimum Gasteiger partial charge on any atom is -0.484 e. The lowest BCUT2D eigenvalue weighted by Gasteiger charge is -2.07. The first-order chi connectivity index (χ1) is 14.5. The standard InChI is InChI=1S/C20H14ClFN4O3S/c21-16-7-2-1-6-15(16)19-25-26-18(28)9-13(24-20(26)30-19)10-23-17(27)11-29-14-5-3-4-12(22)8-14/h1-9H,10-11H2,(H,23,27). The Kier molecular flexibility index (Phi) is 5.73. The molecule has 7 nitrogen and oxygen atoms in total. The van der Waals surface area contributed by atoms with Crippen LogP contribution in [0.2, 0.25) is 5.02 Å². The molecule has 2 aromatic carbocycles. The highest BCUT2D eigenvalue weighted by atomic mass is 35.5. The van der Waals surface area contributed by atoms with Crippen molar-refractivity contribution in [1.29, 1.82) is 0 Å². The Morgan fingerprint density at radius 3 is 2.83 bits per heavy atom. The van der Waals surface area contributed by atoms with E-state index in [1.54, 1.807) is 12.1 Å². The van der Waals surface area contributed by atoms with Crippen LogP contribution >= 0.6 is 22.9 Å².